The first-order chi connectivity index (χ1) is 10.8. The number of benzene rings is 2. The smallest absolute Gasteiger partial charge is 0.120 e. The number of nitrogens with zero attached hydrogens (tertiary/aromatic N) is 1. The lowest BCUT2D eigenvalue weighted by Crippen LogP contribution is -2.00. The van der Waals surface area contributed by atoms with E-state index in [4.69, 9.17) is 10.5 Å². The molecule has 0 bridgehead atoms. The Morgan fingerprint density at radius 1 is 1.14 bits per heavy atom. The summed E-state index contributed by atoms with van der Waals surface area (Å²) in [6.45, 7) is 0.499. The molecular weight excluding hydrogens is 272 g/mol. The Morgan fingerprint density at radius 3 is 2.73 bits per heavy atom. The molecule has 0 saturated carbocycles. The van der Waals surface area contributed by atoms with Crippen LogP contribution in [0.2, 0.25) is 0 Å². The van der Waals surface area contributed by atoms with E-state index in [1.807, 2.05) is 54.6 Å². The molecule has 0 amide bonds. The van der Waals surface area contributed by atoms with Crippen molar-refractivity contribution in [2.45, 2.75) is 13.0 Å². The van der Waals surface area contributed by atoms with Crippen LogP contribution < -0.4 is 10.5 Å². The standard InChI is InChI=1S/C19H16N2O/c20-12-18-17-11-16(22-13-14-5-2-1-3-6-14)10-9-15(17)7-4-8-19(18)21/h1-6,8-11H,7,13,21H2. The molecule has 0 saturated heterocycles. The Bertz CT molecular complexity index is 783. The van der Waals surface area contributed by atoms with E-state index in [1.54, 1.807) is 6.08 Å². The van der Waals surface area contributed by atoms with Gasteiger partial charge in [0.05, 0.1) is 5.57 Å². The molecule has 3 heteroatoms. The van der Waals surface area contributed by atoms with E-state index in [2.05, 4.69) is 6.07 Å². The van der Waals surface area contributed by atoms with Crippen LogP contribution in [0.3, 0.4) is 0 Å². The topological polar surface area (TPSA) is 59.0 Å². The van der Waals surface area contributed by atoms with Gasteiger partial charge in [-0.25, -0.2) is 0 Å². The van der Waals surface area contributed by atoms with E-state index in [9.17, 15) is 5.26 Å². The molecule has 2 aromatic rings. The van der Waals surface area contributed by atoms with Gasteiger partial charge in [0.2, 0.25) is 0 Å². The monoisotopic (exact) mass is 288 g/mol. The molecule has 1 aliphatic rings. The molecule has 3 nitrogen and oxygen atoms in total. The maximum absolute atomic E-state index is 9.37. The number of nitrogens with two attached hydrogens (primary N) is 1. The van der Waals surface area contributed by atoms with Crippen molar-refractivity contribution in [3.63, 3.8) is 0 Å². The molecule has 108 valence electrons. The van der Waals surface area contributed by atoms with Crippen LogP contribution in [0.15, 0.2) is 66.4 Å². The first-order valence-corrected chi connectivity index (χ1v) is 7.14. The van der Waals surface area contributed by atoms with Gasteiger partial charge in [0.1, 0.15) is 18.4 Å². The lowest BCUT2D eigenvalue weighted by Gasteiger charge is -2.11. The minimum absolute atomic E-state index is 0.499. The van der Waals surface area contributed by atoms with E-state index in [0.717, 1.165) is 28.9 Å². The maximum Gasteiger partial charge on any atom is 0.120 e. The van der Waals surface area contributed by atoms with Crippen LogP contribution in [-0.4, -0.2) is 0 Å². The quantitative estimate of drug-likeness (QED) is 0.939. The molecule has 2 aromatic carbocycles. The second-order valence-electron chi connectivity index (χ2n) is 5.14. The van der Waals surface area contributed by atoms with Crippen molar-refractivity contribution in [1.29, 1.82) is 5.26 Å². The third kappa shape index (κ3) is 2.87. The zero-order chi connectivity index (χ0) is 15.4. The summed E-state index contributed by atoms with van der Waals surface area (Å²) in [5.74, 6) is 0.741. The highest BCUT2D eigenvalue weighted by molar-refractivity contribution is 5.83. The Labute approximate surface area is 130 Å². The zero-order valence-corrected chi connectivity index (χ0v) is 12.1. The van der Waals surface area contributed by atoms with Gasteiger partial charge < -0.3 is 10.5 Å². The number of hydrogen-bond acceptors (Lipinski definition) is 3. The molecule has 0 unspecified atom stereocenters. The summed E-state index contributed by atoms with van der Waals surface area (Å²) in [6, 6.07) is 18.0. The van der Waals surface area contributed by atoms with E-state index in [0.29, 0.717) is 17.9 Å². The highest BCUT2D eigenvalue weighted by Gasteiger charge is 2.13. The van der Waals surface area contributed by atoms with Gasteiger partial charge in [-0.1, -0.05) is 42.5 Å². The van der Waals surface area contributed by atoms with Gasteiger partial charge in [0.15, 0.2) is 0 Å². The van der Waals surface area contributed by atoms with Crippen molar-refractivity contribution in [2.24, 2.45) is 5.73 Å². The van der Waals surface area contributed by atoms with Crippen LogP contribution in [-0.2, 0) is 13.0 Å². The third-order valence-corrected chi connectivity index (χ3v) is 3.63. The van der Waals surface area contributed by atoms with Crippen molar-refractivity contribution in [3.05, 3.63) is 83.1 Å². The van der Waals surface area contributed by atoms with Crippen molar-refractivity contribution < 1.29 is 4.74 Å². The fraction of sp³-hybridized carbons (Fsp3) is 0.105. The molecule has 0 aliphatic heterocycles. The average Bonchev–Trinajstić information content (AvgIpc) is 2.71. The number of rotatable bonds is 3. The second kappa shape index (κ2) is 6.19. The van der Waals surface area contributed by atoms with Crippen LogP contribution in [0.4, 0.5) is 0 Å². The van der Waals surface area contributed by atoms with Crippen LogP contribution in [0.5, 0.6) is 5.75 Å². The number of allylic oxidation sites excluding steroid dienone is 3. The van der Waals surface area contributed by atoms with Crippen molar-refractivity contribution in [2.75, 3.05) is 0 Å². The van der Waals surface area contributed by atoms with E-state index >= 15 is 0 Å². The van der Waals surface area contributed by atoms with Crippen molar-refractivity contribution in [3.8, 4) is 11.8 Å². The van der Waals surface area contributed by atoms with Crippen molar-refractivity contribution in [1.82, 2.24) is 0 Å². The van der Waals surface area contributed by atoms with E-state index in [-0.39, 0.29) is 0 Å². The molecule has 0 heterocycles. The Kier molecular flexibility index (Phi) is 3.93. The Hall–Kier alpha value is -2.99. The largest absolute Gasteiger partial charge is 0.489 e. The summed E-state index contributed by atoms with van der Waals surface area (Å²) >= 11 is 0. The minimum atomic E-state index is 0.499. The first kappa shape index (κ1) is 14.0. The van der Waals surface area contributed by atoms with E-state index in [1.165, 1.54) is 0 Å². The number of ether oxygens (including phenoxy) is 1. The Morgan fingerprint density at radius 2 is 1.95 bits per heavy atom. The molecule has 0 spiro atoms. The molecule has 1 aliphatic carbocycles. The maximum atomic E-state index is 9.37. The third-order valence-electron chi connectivity index (χ3n) is 3.63. The van der Waals surface area contributed by atoms with Gasteiger partial charge in [0, 0.05) is 11.3 Å². The first-order valence-electron chi connectivity index (χ1n) is 7.14. The van der Waals surface area contributed by atoms with Crippen LogP contribution in [0.25, 0.3) is 5.57 Å². The average molecular weight is 288 g/mol. The molecule has 0 atom stereocenters. The predicted molar refractivity (Wildman–Crippen MR) is 86.8 cm³/mol. The highest BCUT2D eigenvalue weighted by Crippen LogP contribution is 2.28. The van der Waals surface area contributed by atoms with Crippen LogP contribution in [0.1, 0.15) is 16.7 Å². The number of fused-ring (bicyclic) bond motifs is 1. The fourth-order valence-corrected chi connectivity index (χ4v) is 2.47. The van der Waals surface area contributed by atoms with Gasteiger partial charge in [-0.15, -0.1) is 0 Å². The van der Waals surface area contributed by atoms with Gasteiger partial charge >= 0.3 is 0 Å². The molecule has 0 radical (unpaired) electrons. The predicted octanol–water partition coefficient (Wildman–Crippen LogP) is 3.57. The summed E-state index contributed by atoms with van der Waals surface area (Å²) in [4.78, 5) is 0. The molecule has 0 fully saturated rings. The Balaban J connectivity index is 1.88. The molecule has 2 N–H and O–H groups in total. The molecule has 22 heavy (non-hydrogen) atoms. The SMILES string of the molecule is N#CC1=C(N)C=CCc2ccc(OCc3ccccc3)cc21. The van der Waals surface area contributed by atoms with Crippen LogP contribution in [0, 0.1) is 11.3 Å². The highest BCUT2D eigenvalue weighted by atomic mass is 16.5. The van der Waals surface area contributed by atoms with Gasteiger partial charge in [0.25, 0.3) is 0 Å². The molecule has 3 rings (SSSR count). The fourth-order valence-electron chi connectivity index (χ4n) is 2.47. The van der Waals surface area contributed by atoms with Crippen LogP contribution >= 0.6 is 0 Å². The summed E-state index contributed by atoms with van der Waals surface area (Å²) in [5, 5.41) is 9.37. The minimum Gasteiger partial charge on any atom is -0.489 e. The normalized spacial score (nSPS) is 13.2. The van der Waals surface area contributed by atoms with E-state index < -0.39 is 0 Å². The summed E-state index contributed by atoms with van der Waals surface area (Å²) in [6.07, 6.45) is 4.53. The number of hydrogen-bond donors (Lipinski definition) is 1. The summed E-state index contributed by atoms with van der Waals surface area (Å²) < 4.78 is 5.83. The zero-order valence-electron chi connectivity index (χ0n) is 12.1. The lowest BCUT2D eigenvalue weighted by atomic mass is 9.98. The van der Waals surface area contributed by atoms with Gasteiger partial charge in [-0.2, -0.15) is 5.26 Å². The van der Waals surface area contributed by atoms with Gasteiger partial charge in [-0.3, -0.25) is 0 Å². The second-order valence-corrected chi connectivity index (χ2v) is 5.14. The summed E-state index contributed by atoms with van der Waals surface area (Å²) in [7, 11) is 0. The summed E-state index contributed by atoms with van der Waals surface area (Å²) in [5.41, 5.74) is 10.0. The lowest BCUT2D eigenvalue weighted by molar-refractivity contribution is 0.306. The molecule has 0 aromatic heterocycles. The van der Waals surface area contributed by atoms with Gasteiger partial charge in [-0.05, 0) is 35.8 Å². The number of nitriles is 1. The van der Waals surface area contributed by atoms with Crippen molar-refractivity contribution >= 4 is 5.57 Å². The molecular formula is C19H16N2O.